The number of fused-ring (bicyclic) bond motifs is 1. The fraction of sp³-hybridized carbons (Fsp3) is 0.480. The summed E-state index contributed by atoms with van der Waals surface area (Å²) in [5, 5.41) is 2.61. The van der Waals surface area contributed by atoms with E-state index in [1.165, 1.54) is 15.5 Å². The summed E-state index contributed by atoms with van der Waals surface area (Å²) in [6.45, 7) is 5.00. The molecule has 0 unspecified atom stereocenters. The second kappa shape index (κ2) is 9.99. The average Bonchev–Trinajstić information content (AvgIpc) is 3.24. The van der Waals surface area contributed by atoms with E-state index >= 15 is 0 Å². The number of amides is 2. The third kappa shape index (κ3) is 5.97. The molecule has 1 aromatic carbocycles. The Morgan fingerprint density at radius 1 is 1.05 bits per heavy atom. The minimum Gasteiger partial charge on any atom is -0.444 e. The van der Waals surface area contributed by atoms with Crippen LogP contribution in [0.4, 0.5) is 31.1 Å². The van der Waals surface area contributed by atoms with Crippen LogP contribution >= 0.6 is 0 Å². The number of allylic oxidation sites excluding steroid dienone is 1. The lowest BCUT2D eigenvalue weighted by Crippen LogP contribution is -2.46. The fourth-order valence-corrected chi connectivity index (χ4v) is 4.61. The topological polar surface area (TPSA) is 76.5 Å². The van der Waals surface area contributed by atoms with E-state index in [4.69, 9.17) is 4.74 Å². The maximum atomic E-state index is 14.6. The summed E-state index contributed by atoms with van der Waals surface area (Å²) in [5.74, 6) is -4.86. The second-order valence-corrected chi connectivity index (χ2v) is 10.3. The zero-order valence-electron chi connectivity index (χ0n) is 20.8. The van der Waals surface area contributed by atoms with Crippen LogP contribution in [-0.2, 0) is 28.8 Å². The first-order valence-electron chi connectivity index (χ1n) is 11.9. The summed E-state index contributed by atoms with van der Waals surface area (Å²) in [6, 6.07) is 0.226. The summed E-state index contributed by atoms with van der Waals surface area (Å²) in [4.78, 5) is 30.8. The number of hydrogen-bond donors (Lipinski definition) is 1. The molecule has 206 valence electrons. The molecule has 4 rings (SSSR count). The van der Waals surface area contributed by atoms with Gasteiger partial charge in [0.2, 0.25) is 5.91 Å². The van der Waals surface area contributed by atoms with Gasteiger partial charge in [0.25, 0.3) is 0 Å². The number of aromatic nitrogens is 2. The summed E-state index contributed by atoms with van der Waals surface area (Å²) in [5.41, 5.74) is -1.84. The van der Waals surface area contributed by atoms with Crippen LogP contribution in [0.15, 0.2) is 30.0 Å². The molecule has 1 aliphatic carbocycles. The highest BCUT2D eigenvalue weighted by Gasteiger charge is 2.38. The van der Waals surface area contributed by atoms with Crippen LogP contribution in [0.3, 0.4) is 0 Å². The van der Waals surface area contributed by atoms with Gasteiger partial charge in [-0.15, -0.1) is 0 Å². The number of alkyl carbamates (subject to hydrolysis) is 1. The van der Waals surface area contributed by atoms with Crippen LogP contribution < -0.4 is 5.32 Å². The molecule has 7 nitrogen and oxygen atoms in total. The van der Waals surface area contributed by atoms with Crippen molar-refractivity contribution in [3.63, 3.8) is 0 Å². The fourth-order valence-electron chi connectivity index (χ4n) is 4.61. The number of alkyl halides is 3. The molecule has 0 saturated heterocycles. The molecule has 0 radical (unpaired) electrons. The van der Waals surface area contributed by atoms with E-state index in [1.807, 2.05) is 0 Å². The normalized spacial score (nSPS) is 20.0. The molecule has 0 fully saturated rings. The van der Waals surface area contributed by atoms with Crippen molar-refractivity contribution in [2.24, 2.45) is 0 Å². The largest absolute Gasteiger partial charge is 0.444 e. The molecule has 1 N–H and O–H groups in total. The lowest BCUT2D eigenvalue weighted by molar-refractivity contribution is -0.141. The third-order valence-corrected chi connectivity index (χ3v) is 6.34. The predicted octanol–water partition coefficient (Wildman–Crippen LogP) is 5.06. The molecule has 1 aromatic heterocycles. The second-order valence-electron chi connectivity index (χ2n) is 10.3. The van der Waals surface area contributed by atoms with E-state index < -0.39 is 58.9 Å². The SMILES string of the molecule is CC(C)(C)OC(=O)N[C@H]1CC(C(=O)N2CCn3cc(C(F)(F)F)nc3C2)=CC[C@@H]1c1cc(F)c(F)cc1F. The molecule has 0 saturated carbocycles. The van der Waals surface area contributed by atoms with E-state index in [9.17, 15) is 35.9 Å². The van der Waals surface area contributed by atoms with Gasteiger partial charge in [0.05, 0.1) is 6.54 Å². The molecule has 0 bridgehead atoms. The van der Waals surface area contributed by atoms with Crippen molar-refractivity contribution >= 4 is 12.0 Å². The highest BCUT2D eigenvalue weighted by atomic mass is 19.4. The molecule has 0 spiro atoms. The highest BCUT2D eigenvalue weighted by Crippen LogP contribution is 2.36. The van der Waals surface area contributed by atoms with Crippen molar-refractivity contribution in [3.8, 4) is 0 Å². The molecule has 2 atom stereocenters. The molecule has 2 heterocycles. The Hall–Kier alpha value is -3.51. The first-order chi connectivity index (χ1) is 17.6. The van der Waals surface area contributed by atoms with Gasteiger partial charge in [-0.1, -0.05) is 6.08 Å². The van der Waals surface area contributed by atoms with Gasteiger partial charge in [0.1, 0.15) is 17.2 Å². The number of nitrogens with zero attached hydrogens (tertiary/aromatic N) is 3. The number of nitrogens with one attached hydrogen (secondary N) is 1. The van der Waals surface area contributed by atoms with Gasteiger partial charge in [-0.2, -0.15) is 13.2 Å². The molecular formula is C25H26F6N4O3. The minimum atomic E-state index is -4.62. The summed E-state index contributed by atoms with van der Waals surface area (Å²) < 4.78 is 87.9. The molecule has 38 heavy (non-hydrogen) atoms. The lowest BCUT2D eigenvalue weighted by Gasteiger charge is -2.35. The number of carbonyl (C=O) groups is 2. The molecule has 2 amide bonds. The molecule has 13 heteroatoms. The molecule has 1 aliphatic heterocycles. The molecular weight excluding hydrogens is 518 g/mol. The van der Waals surface area contributed by atoms with E-state index in [0.717, 1.165) is 12.3 Å². The first-order valence-corrected chi connectivity index (χ1v) is 11.9. The number of carbonyl (C=O) groups excluding carboxylic acids is 2. The smallest absolute Gasteiger partial charge is 0.434 e. The summed E-state index contributed by atoms with van der Waals surface area (Å²) >= 11 is 0. The Morgan fingerprint density at radius 2 is 1.74 bits per heavy atom. The summed E-state index contributed by atoms with van der Waals surface area (Å²) in [6.07, 6.45) is -3.13. The minimum absolute atomic E-state index is 0.00419. The van der Waals surface area contributed by atoms with Crippen LogP contribution in [0.25, 0.3) is 0 Å². The first kappa shape index (κ1) is 27.5. The van der Waals surface area contributed by atoms with Gasteiger partial charge < -0.3 is 19.5 Å². The van der Waals surface area contributed by atoms with Crippen molar-refractivity contribution < 1.29 is 40.7 Å². The van der Waals surface area contributed by atoms with Crippen LogP contribution in [0.2, 0.25) is 0 Å². The van der Waals surface area contributed by atoms with Gasteiger partial charge in [-0.05, 0) is 45.2 Å². The summed E-state index contributed by atoms with van der Waals surface area (Å²) in [7, 11) is 0. The number of rotatable bonds is 3. The van der Waals surface area contributed by atoms with Crippen molar-refractivity contribution in [3.05, 3.63) is 64.5 Å². The third-order valence-electron chi connectivity index (χ3n) is 6.34. The van der Waals surface area contributed by atoms with Crippen LogP contribution in [0.5, 0.6) is 0 Å². The maximum absolute atomic E-state index is 14.6. The van der Waals surface area contributed by atoms with Crippen molar-refractivity contribution in [1.82, 2.24) is 19.8 Å². The number of hydrogen-bond acceptors (Lipinski definition) is 4. The zero-order chi connectivity index (χ0) is 28.0. The number of halogens is 6. The molecule has 2 aliphatic rings. The Kier molecular flexibility index (Phi) is 7.23. The van der Waals surface area contributed by atoms with Gasteiger partial charge in [-0.3, -0.25) is 4.79 Å². The number of benzene rings is 1. The Bertz CT molecular complexity index is 1280. The van der Waals surface area contributed by atoms with Gasteiger partial charge >= 0.3 is 12.3 Å². The highest BCUT2D eigenvalue weighted by molar-refractivity contribution is 5.94. The number of ether oxygens (including phenoxy) is 1. The van der Waals surface area contributed by atoms with Gasteiger partial charge in [0, 0.05) is 42.9 Å². The Labute approximate surface area is 214 Å². The molecule has 2 aromatic rings. The average molecular weight is 544 g/mol. The number of imidazole rings is 1. The van der Waals surface area contributed by atoms with Crippen LogP contribution in [0, 0.1) is 17.5 Å². The quantitative estimate of drug-likeness (QED) is 0.433. The van der Waals surface area contributed by atoms with Crippen molar-refractivity contribution in [1.29, 1.82) is 0 Å². The van der Waals surface area contributed by atoms with E-state index in [0.29, 0.717) is 6.07 Å². The maximum Gasteiger partial charge on any atom is 0.434 e. The monoisotopic (exact) mass is 544 g/mol. The van der Waals surface area contributed by atoms with Crippen molar-refractivity contribution in [2.45, 2.75) is 70.4 Å². The predicted molar refractivity (Wildman–Crippen MR) is 122 cm³/mol. The van der Waals surface area contributed by atoms with E-state index in [2.05, 4.69) is 10.3 Å². The van der Waals surface area contributed by atoms with E-state index in [-0.39, 0.29) is 49.4 Å². The van der Waals surface area contributed by atoms with E-state index in [1.54, 1.807) is 20.8 Å². The van der Waals surface area contributed by atoms with Gasteiger partial charge in [-0.25, -0.2) is 22.9 Å². The van der Waals surface area contributed by atoms with Gasteiger partial charge in [0.15, 0.2) is 17.3 Å². The zero-order valence-corrected chi connectivity index (χ0v) is 20.8. The standard InChI is InChI=1S/C25H26F6N4O3/c1-24(2,3)38-23(37)32-19-8-13(4-5-14(19)15-9-17(27)18(28)10-16(15)26)22(36)35-7-6-34-11-20(25(29,30)31)33-21(34)12-35/h4,9-11,14,19H,5-8,12H2,1-3H3,(H,32,37)/t14-,19+/m1/s1. The Balaban J connectivity index is 1.58. The van der Waals surface area contributed by atoms with Crippen LogP contribution in [0.1, 0.15) is 56.6 Å². The Morgan fingerprint density at radius 3 is 2.39 bits per heavy atom. The van der Waals surface area contributed by atoms with Crippen LogP contribution in [-0.4, -0.2) is 44.6 Å². The lowest BCUT2D eigenvalue weighted by atomic mass is 9.79. The van der Waals surface area contributed by atoms with Crippen molar-refractivity contribution in [2.75, 3.05) is 6.54 Å².